The van der Waals surface area contributed by atoms with Crippen molar-refractivity contribution in [2.75, 3.05) is 4.90 Å². The Bertz CT molecular complexity index is 1110. The number of ketones is 1. The molecule has 0 unspecified atom stereocenters. The van der Waals surface area contributed by atoms with Crippen molar-refractivity contribution in [3.63, 3.8) is 0 Å². The number of carbonyl (C=O) groups excluding carboxylic acids is 2. The first kappa shape index (κ1) is 19.4. The molecule has 1 atom stereocenters. The van der Waals surface area contributed by atoms with Crippen LogP contribution in [0.5, 0.6) is 0 Å². The molecular formula is C22H14BrClN2O3. The van der Waals surface area contributed by atoms with Gasteiger partial charge in [0.2, 0.25) is 0 Å². The molecule has 0 saturated carbocycles. The van der Waals surface area contributed by atoms with Gasteiger partial charge in [-0.25, -0.2) is 4.98 Å². The molecule has 1 fully saturated rings. The highest BCUT2D eigenvalue weighted by molar-refractivity contribution is 9.10. The minimum absolute atomic E-state index is 0.00491. The second-order valence-corrected chi connectivity index (χ2v) is 7.77. The summed E-state index contributed by atoms with van der Waals surface area (Å²) < 4.78 is 0.855. The van der Waals surface area contributed by atoms with E-state index in [-0.39, 0.29) is 11.3 Å². The summed E-state index contributed by atoms with van der Waals surface area (Å²) in [7, 11) is 0. The van der Waals surface area contributed by atoms with E-state index < -0.39 is 17.7 Å². The molecule has 0 bridgehead atoms. The lowest BCUT2D eigenvalue weighted by Gasteiger charge is -2.24. The van der Waals surface area contributed by atoms with Gasteiger partial charge < -0.3 is 5.11 Å². The third-order valence-electron chi connectivity index (χ3n) is 4.64. The standard InChI is InChI=1S/C22H14BrClN2O3/c23-15-8-4-13(5-9-15)19-18(20(27)14-6-10-16(24)11-7-14)21(28)22(29)26(19)17-3-1-2-12-25-17/h1-12,19,27H/t19-/m0/s1. The van der Waals surface area contributed by atoms with Crippen LogP contribution in [0.2, 0.25) is 5.02 Å². The second kappa shape index (κ2) is 7.81. The lowest BCUT2D eigenvalue weighted by Crippen LogP contribution is -2.30. The molecule has 1 saturated heterocycles. The molecule has 0 aliphatic carbocycles. The van der Waals surface area contributed by atoms with Crippen molar-refractivity contribution < 1.29 is 14.7 Å². The number of amides is 1. The third-order valence-corrected chi connectivity index (χ3v) is 5.42. The summed E-state index contributed by atoms with van der Waals surface area (Å²) in [5.74, 6) is -1.44. The Morgan fingerprint density at radius 1 is 1.00 bits per heavy atom. The first-order valence-corrected chi connectivity index (χ1v) is 9.88. The number of aliphatic hydroxyl groups is 1. The summed E-state index contributed by atoms with van der Waals surface area (Å²) in [6.07, 6.45) is 1.55. The van der Waals surface area contributed by atoms with Crippen LogP contribution in [0.25, 0.3) is 5.76 Å². The minimum atomic E-state index is -0.811. The number of aliphatic hydroxyl groups excluding tert-OH is 1. The number of pyridine rings is 1. The van der Waals surface area contributed by atoms with E-state index in [1.165, 1.54) is 4.90 Å². The van der Waals surface area contributed by atoms with Crippen LogP contribution < -0.4 is 4.90 Å². The molecular weight excluding hydrogens is 456 g/mol. The van der Waals surface area contributed by atoms with Gasteiger partial charge in [-0.1, -0.05) is 45.7 Å². The Kier molecular flexibility index (Phi) is 5.22. The first-order valence-electron chi connectivity index (χ1n) is 8.71. The normalized spacial score (nSPS) is 18.3. The van der Waals surface area contributed by atoms with Gasteiger partial charge in [-0.05, 0) is 54.1 Å². The van der Waals surface area contributed by atoms with Gasteiger partial charge in [0, 0.05) is 21.3 Å². The van der Waals surface area contributed by atoms with Crippen molar-refractivity contribution in [1.82, 2.24) is 4.98 Å². The molecule has 144 valence electrons. The zero-order chi connectivity index (χ0) is 20.5. The number of carbonyl (C=O) groups is 2. The maximum Gasteiger partial charge on any atom is 0.301 e. The molecule has 2 aromatic carbocycles. The number of aromatic nitrogens is 1. The zero-order valence-electron chi connectivity index (χ0n) is 14.9. The van der Waals surface area contributed by atoms with Gasteiger partial charge in [0.1, 0.15) is 11.6 Å². The van der Waals surface area contributed by atoms with Gasteiger partial charge in [-0.2, -0.15) is 0 Å². The predicted octanol–water partition coefficient (Wildman–Crippen LogP) is 5.12. The number of anilines is 1. The highest BCUT2D eigenvalue weighted by Crippen LogP contribution is 2.41. The van der Waals surface area contributed by atoms with Crippen molar-refractivity contribution in [3.8, 4) is 0 Å². The van der Waals surface area contributed by atoms with Crippen LogP contribution in [0.15, 0.2) is 83.0 Å². The smallest absolute Gasteiger partial charge is 0.301 e. The number of rotatable bonds is 3. The quantitative estimate of drug-likeness (QED) is 0.328. The number of hydrogen-bond acceptors (Lipinski definition) is 4. The average Bonchev–Trinajstić information content (AvgIpc) is 3.00. The van der Waals surface area contributed by atoms with E-state index in [9.17, 15) is 14.7 Å². The van der Waals surface area contributed by atoms with Crippen molar-refractivity contribution in [2.45, 2.75) is 6.04 Å². The molecule has 7 heteroatoms. The summed E-state index contributed by atoms with van der Waals surface area (Å²) in [6, 6.07) is 18.0. The monoisotopic (exact) mass is 468 g/mol. The Morgan fingerprint density at radius 2 is 1.69 bits per heavy atom. The number of Topliss-reactive ketones (excluding diaryl/α,β-unsaturated/α-hetero) is 1. The van der Waals surface area contributed by atoms with Gasteiger partial charge in [0.25, 0.3) is 5.78 Å². The average molecular weight is 470 g/mol. The van der Waals surface area contributed by atoms with Crippen molar-refractivity contribution in [1.29, 1.82) is 0 Å². The first-order chi connectivity index (χ1) is 14.0. The van der Waals surface area contributed by atoms with E-state index in [1.54, 1.807) is 60.8 Å². The number of hydrogen-bond donors (Lipinski definition) is 1. The van der Waals surface area contributed by atoms with Gasteiger partial charge in [0.05, 0.1) is 11.6 Å². The highest BCUT2D eigenvalue weighted by Gasteiger charge is 2.47. The Hall–Kier alpha value is -2.96. The topological polar surface area (TPSA) is 70.5 Å². The lowest BCUT2D eigenvalue weighted by atomic mass is 9.95. The summed E-state index contributed by atoms with van der Waals surface area (Å²) in [5.41, 5.74) is 1.08. The van der Waals surface area contributed by atoms with E-state index in [0.29, 0.717) is 22.0 Å². The molecule has 1 aliphatic heterocycles. The van der Waals surface area contributed by atoms with Crippen molar-refractivity contribution in [2.24, 2.45) is 0 Å². The van der Waals surface area contributed by atoms with Crippen LogP contribution in [-0.2, 0) is 9.59 Å². The molecule has 1 aliphatic rings. The summed E-state index contributed by atoms with van der Waals surface area (Å²) >= 11 is 9.32. The third kappa shape index (κ3) is 3.57. The molecule has 1 N–H and O–H groups in total. The van der Waals surface area contributed by atoms with Gasteiger partial charge in [-0.15, -0.1) is 0 Å². The van der Waals surface area contributed by atoms with Crippen molar-refractivity contribution >= 4 is 50.8 Å². The SMILES string of the molecule is O=C1C(=O)N(c2ccccn2)[C@@H](c2ccc(Br)cc2)C1=C(O)c1ccc(Cl)cc1. The number of benzene rings is 2. The largest absolute Gasteiger partial charge is 0.507 e. The fraction of sp³-hybridized carbons (Fsp3) is 0.0455. The number of halogens is 2. The lowest BCUT2D eigenvalue weighted by molar-refractivity contribution is -0.132. The Labute approximate surface area is 180 Å². The molecule has 0 radical (unpaired) electrons. The van der Waals surface area contributed by atoms with E-state index in [0.717, 1.165) is 4.47 Å². The molecule has 2 heterocycles. The predicted molar refractivity (Wildman–Crippen MR) is 115 cm³/mol. The van der Waals surface area contributed by atoms with Crippen LogP contribution >= 0.6 is 27.5 Å². The molecule has 5 nitrogen and oxygen atoms in total. The molecule has 0 spiro atoms. The second-order valence-electron chi connectivity index (χ2n) is 6.42. The van der Waals surface area contributed by atoms with Crippen LogP contribution in [0, 0.1) is 0 Å². The van der Waals surface area contributed by atoms with Gasteiger partial charge >= 0.3 is 5.91 Å². The summed E-state index contributed by atoms with van der Waals surface area (Å²) in [6.45, 7) is 0. The maximum atomic E-state index is 12.9. The molecule has 1 amide bonds. The van der Waals surface area contributed by atoms with Crippen LogP contribution in [0.4, 0.5) is 5.82 Å². The Morgan fingerprint density at radius 3 is 2.31 bits per heavy atom. The highest BCUT2D eigenvalue weighted by atomic mass is 79.9. The minimum Gasteiger partial charge on any atom is -0.507 e. The fourth-order valence-electron chi connectivity index (χ4n) is 3.29. The molecule has 4 rings (SSSR count). The maximum absolute atomic E-state index is 12.9. The van der Waals surface area contributed by atoms with Crippen molar-refractivity contribution in [3.05, 3.63) is 99.1 Å². The fourth-order valence-corrected chi connectivity index (χ4v) is 3.68. The number of nitrogens with zero attached hydrogens (tertiary/aromatic N) is 2. The Balaban J connectivity index is 1.94. The summed E-state index contributed by atoms with van der Waals surface area (Å²) in [5, 5.41) is 11.5. The van der Waals surface area contributed by atoms with Gasteiger partial charge in [0.15, 0.2) is 0 Å². The summed E-state index contributed by atoms with van der Waals surface area (Å²) in [4.78, 5) is 31.4. The van der Waals surface area contributed by atoms with Crippen LogP contribution in [0.1, 0.15) is 17.2 Å². The molecule has 1 aromatic heterocycles. The van der Waals surface area contributed by atoms with E-state index in [1.807, 2.05) is 12.1 Å². The van der Waals surface area contributed by atoms with Crippen LogP contribution in [-0.4, -0.2) is 21.8 Å². The zero-order valence-corrected chi connectivity index (χ0v) is 17.3. The molecule has 29 heavy (non-hydrogen) atoms. The molecule has 3 aromatic rings. The van der Waals surface area contributed by atoms with Gasteiger partial charge in [-0.3, -0.25) is 14.5 Å². The van der Waals surface area contributed by atoms with E-state index in [4.69, 9.17) is 11.6 Å². The van der Waals surface area contributed by atoms with E-state index in [2.05, 4.69) is 20.9 Å². The van der Waals surface area contributed by atoms with Crippen LogP contribution in [0.3, 0.4) is 0 Å². The van der Waals surface area contributed by atoms with E-state index >= 15 is 0 Å².